The van der Waals surface area contributed by atoms with Crippen LogP contribution in [0.4, 0.5) is 0 Å². The Hall–Kier alpha value is -3.34. The minimum atomic E-state index is -0.0731. The van der Waals surface area contributed by atoms with Crippen LogP contribution < -0.4 is 10.6 Å². The van der Waals surface area contributed by atoms with Crippen LogP contribution in [0.3, 0.4) is 0 Å². The number of para-hydroxylation sites is 1. The van der Waals surface area contributed by atoms with E-state index in [0.717, 1.165) is 53.0 Å². The minimum absolute atomic E-state index is 0.00746. The molecule has 3 aliphatic rings. The van der Waals surface area contributed by atoms with E-state index < -0.39 is 0 Å². The summed E-state index contributed by atoms with van der Waals surface area (Å²) in [6.07, 6.45) is 6.01. The van der Waals surface area contributed by atoms with Crippen LogP contribution in [0.15, 0.2) is 41.8 Å². The van der Waals surface area contributed by atoms with E-state index in [-0.39, 0.29) is 36.9 Å². The first kappa shape index (κ1) is 29.7. The standard InChI is InChI=1S/C33H42N6O3S/c1-23(24-8-3-2-4-9-24)35-33(42)31-25-10-5-6-11-27(25)36-32(28-12-7-19-43-28)26(31)20-37-17-18-39(29(40)21-37)22-30(41)38-15-13-34-14-16-38/h5-7,10-12,19,23-24,34H,2-4,8-9,13-18,20-22H2,1H3,(H,35,42). The van der Waals surface area contributed by atoms with Gasteiger partial charge in [0.1, 0.15) is 0 Å². The summed E-state index contributed by atoms with van der Waals surface area (Å²) in [5.74, 6) is 0.364. The van der Waals surface area contributed by atoms with Gasteiger partial charge in [0.05, 0.1) is 34.7 Å². The zero-order valence-electron chi connectivity index (χ0n) is 25.0. The number of piperazine rings is 2. The molecule has 1 unspecified atom stereocenters. The summed E-state index contributed by atoms with van der Waals surface area (Å²) in [5.41, 5.74) is 3.10. The van der Waals surface area contributed by atoms with E-state index in [2.05, 4.69) is 22.5 Å². The van der Waals surface area contributed by atoms with Crippen LogP contribution in [0.25, 0.3) is 21.5 Å². The molecule has 1 aromatic carbocycles. The topological polar surface area (TPSA) is 97.9 Å². The van der Waals surface area contributed by atoms with Gasteiger partial charge in [0.15, 0.2) is 0 Å². The van der Waals surface area contributed by atoms with Crippen molar-refractivity contribution in [2.75, 3.05) is 52.4 Å². The van der Waals surface area contributed by atoms with Crippen molar-refractivity contribution in [3.8, 4) is 10.6 Å². The van der Waals surface area contributed by atoms with Crippen LogP contribution in [0, 0.1) is 5.92 Å². The SMILES string of the molecule is CC(NC(=O)c1c(CN2CCN(CC(=O)N3CCNCC3)C(=O)C2)c(-c2cccs2)nc2ccccc12)C1CCCCC1. The van der Waals surface area contributed by atoms with Crippen molar-refractivity contribution >= 4 is 40.0 Å². The molecular weight excluding hydrogens is 560 g/mol. The second-order valence-corrected chi connectivity index (χ2v) is 13.1. The van der Waals surface area contributed by atoms with Crippen molar-refractivity contribution in [1.82, 2.24) is 30.3 Å². The maximum atomic E-state index is 14.2. The van der Waals surface area contributed by atoms with Gasteiger partial charge in [0, 0.05) is 62.8 Å². The van der Waals surface area contributed by atoms with Gasteiger partial charge < -0.3 is 20.4 Å². The molecule has 0 radical (unpaired) electrons. The second kappa shape index (κ2) is 13.5. The van der Waals surface area contributed by atoms with Gasteiger partial charge in [-0.05, 0) is 43.2 Å². The highest BCUT2D eigenvalue weighted by Gasteiger charge is 2.31. The molecule has 1 atom stereocenters. The van der Waals surface area contributed by atoms with Gasteiger partial charge in [-0.1, -0.05) is 43.5 Å². The maximum absolute atomic E-state index is 14.2. The van der Waals surface area contributed by atoms with Crippen molar-refractivity contribution in [1.29, 1.82) is 0 Å². The molecule has 2 saturated heterocycles. The fourth-order valence-corrected chi connectivity index (χ4v) is 7.51. The van der Waals surface area contributed by atoms with Crippen molar-refractivity contribution in [2.45, 2.75) is 51.6 Å². The Bertz CT molecular complexity index is 1450. The van der Waals surface area contributed by atoms with Gasteiger partial charge in [0.25, 0.3) is 5.91 Å². The smallest absolute Gasteiger partial charge is 0.252 e. The van der Waals surface area contributed by atoms with E-state index in [0.29, 0.717) is 44.2 Å². The molecule has 6 rings (SSSR count). The van der Waals surface area contributed by atoms with E-state index in [4.69, 9.17) is 4.98 Å². The van der Waals surface area contributed by atoms with Crippen molar-refractivity contribution in [3.05, 3.63) is 52.9 Å². The Labute approximate surface area is 257 Å². The number of hydrogen-bond donors (Lipinski definition) is 2. The molecule has 2 N–H and O–H groups in total. The number of thiophene rings is 1. The van der Waals surface area contributed by atoms with Crippen LogP contribution in [0.5, 0.6) is 0 Å². The molecule has 9 nitrogen and oxygen atoms in total. The fourth-order valence-electron chi connectivity index (χ4n) is 6.77. The number of pyridine rings is 1. The number of carbonyl (C=O) groups is 3. The van der Waals surface area contributed by atoms with E-state index in [1.165, 1.54) is 19.3 Å². The number of rotatable bonds is 8. The molecule has 1 aliphatic carbocycles. The average Bonchev–Trinajstić information content (AvgIpc) is 3.58. The molecular formula is C33H42N6O3S. The summed E-state index contributed by atoms with van der Waals surface area (Å²) in [4.78, 5) is 52.0. The lowest BCUT2D eigenvalue weighted by atomic mass is 9.84. The van der Waals surface area contributed by atoms with Crippen molar-refractivity contribution in [2.24, 2.45) is 5.92 Å². The van der Waals surface area contributed by atoms with Crippen molar-refractivity contribution in [3.63, 3.8) is 0 Å². The van der Waals surface area contributed by atoms with Gasteiger partial charge >= 0.3 is 0 Å². The van der Waals surface area contributed by atoms with Gasteiger partial charge in [-0.25, -0.2) is 4.98 Å². The molecule has 3 aromatic rings. The summed E-state index contributed by atoms with van der Waals surface area (Å²) in [6, 6.07) is 12.0. The predicted octanol–water partition coefficient (Wildman–Crippen LogP) is 3.74. The third kappa shape index (κ3) is 6.76. The van der Waals surface area contributed by atoms with E-state index in [9.17, 15) is 14.4 Å². The highest BCUT2D eigenvalue weighted by Crippen LogP contribution is 2.34. The third-order valence-corrected chi connectivity index (χ3v) is 10.1. The summed E-state index contributed by atoms with van der Waals surface area (Å²) in [6.45, 7) is 6.92. The number of aromatic nitrogens is 1. The first-order valence-electron chi connectivity index (χ1n) is 15.7. The van der Waals surface area contributed by atoms with E-state index in [1.54, 1.807) is 16.2 Å². The molecule has 43 heavy (non-hydrogen) atoms. The zero-order valence-corrected chi connectivity index (χ0v) is 25.8. The summed E-state index contributed by atoms with van der Waals surface area (Å²) in [7, 11) is 0. The Morgan fingerprint density at radius 2 is 1.84 bits per heavy atom. The highest BCUT2D eigenvalue weighted by atomic mass is 32.1. The van der Waals surface area contributed by atoms with Crippen LogP contribution >= 0.6 is 11.3 Å². The zero-order chi connectivity index (χ0) is 29.8. The first-order valence-corrected chi connectivity index (χ1v) is 16.6. The summed E-state index contributed by atoms with van der Waals surface area (Å²) < 4.78 is 0. The minimum Gasteiger partial charge on any atom is -0.349 e. The molecule has 10 heteroatoms. The molecule has 3 fully saturated rings. The molecule has 1 saturated carbocycles. The number of amides is 3. The largest absolute Gasteiger partial charge is 0.349 e. The van der Waals surface area contributed by atoms with Crippen LogP contribution in [0.1, 0.15) is 54.9 Å². The number of nitrogens with one attached hydrogen (secondary N) is 2. The molecule has 2 aromatic heterocycles. The number of hydrogen-bond acceptors (Lipinski definition) is 7. The lowest BCUT2D eigenvalue weighted by Gasteiger charge is -2.36. The molecule has 0 spiro atoms. The first-order chi connectivity index (χ1) is 21.0. The Morgan fingerprint density at radius 3 is 2.58 bits per heavy atom. The molecule has 2 aliphatic heterocycles. The normalized spacial score (nSPS) is 19.5. The molecule has 4 heterocycles. The van der Waals surface area contributed by atoms with Gasteiger partial charge in [0.2, 0.25) is 11.8 Å². The van der Waals surface area contributed by atoms with Crippen LogP contribution in [-0.4, -0.2) is 95.8 Å². The second-order valence-electron chi connectivity index (χ2n) is 12.1. The molecule has 3 amide bonds. The number of benzene rings is 1. The lowest BCUT2D eigenvalue weighted by Crippen LogP contribution is -2.55. The molecule has 0 bridgehead atoms. The number of carbonyl (C=O) groups excluding carboxylic acids is 3. The molecule has 228 valence electrons. The van der Waals surface area contributed by atoms with Gasteiger partial charge in [-0.3, -0.25) is 19.3 Å². The summed E-state index contributed by atoms with van der Waals surface area (Å²) >= 11 is 1.60. The van der Waals surface area contributed by atoms with Crippen LogP contribution in [-0.2, 0) is 16.1 Å². The van der Waals surface area contributed by atoms with Crippen molar-refractivity contribution < 1.29 is 14.4 Å². The number of nitrogens with zero attached hydrogens (tertiary/aromatic N) is 4. The van der Waals surface area contributed by atoms with E-state index >= 15 is 0 Å². The summed E-state index contributed by atoms with van der Waals surface area (Å²) in [5, 5.41) is 9.49. The van der Waals surface area contributed by atoms with Gasteiger partial charge in [-0.2, -0.15) is 0 Å². The Morgan fingerprint density at radius 1 is 1.05 bits per heavy atom. The monoisotopic (exact) mass is 602 g/mol. The maximum Gasteiger partial charge on any atom is 0.252 e. The van der Waals surface area contributed by atoms with E-state index in [1.807, 2.05) is 46.7 Å². The fraction of sp³-hybridized carbons (Fsp3) is 0.515. The van der Waals surface area contributed by atoms with Crippen LogP contribution in [0.2, 0.25) is 0 Å². The Kier molecular flexibility index (Phi) is 9.35. The quantitative estimate of drug-likeness (QED) is 0.408. The third-order valence-electron chi connectivity index (χ3n) is 9.27. The Balaban J connectivity index is 1.27. The predicted molar refractivity (Wildman–Crippen MR) is 170 cm³/mol. The van der Waals surface area contributed by atoms with Gasteiger partial charge in [-0.15, -0.1) is 11.3 Å². The number of fused-ring (bicyclic) bond motifs is 1. The average molecular weight is 603 g/mol. The highest BCUT2D eigenvalue weighted by molar-refractivity contribution is 7.13. The lowest BCUT2D eigenvalue weighted by molar-refractivity contribution is -0.144.